The van der Waals surface area contributed by atoms with Crippen molar-refractivity contribution in [2.75, 3.05) is 11.9 Å². The van der Waals surface area contributed by atoms with Gasteiger partial charge < -0.3 is 15.1 Å². The molecule has 0 radical (unpaired) electrons. The molecule has 30 heavy (non-hydrogen) atoms. The molecule has 0 bridgehead atoms. The molecule has 0 spiro atoms. The minimum atomic E-state index is -4.58. The summed E-state index contributed by atoms with van der Waals surface area (Å²) in [6, 6.07) is 4.71. The molecule has 3 aliphatic rings. The van der Waals surface area contributed by atoms with Gasteiger partial charge in [-0.3, -0.25) is 15.0 Å². The lowest BCUT2D eigenvalue weighted by Gasteiger charge is -2.51. The van der Waals surface area contributed by atoms with E-state index in [1.54, 1.807) is 0 Å². The Bertz CT molecular complexity index is 872. The normalized spacial score (nSPS) is 25.9. The van der Waals surface area contributed by atoms with Crippen molar-refractivity contribution in [3.8, 4) is 0 Å². The van der Waals surface area contributed by atoms with Gasteiger partial charge in [0.2, 0.25) is 5.91 Å². The number of hydrogen-bond donors (Lipinski definition) is 2. The Kier molecular flexibility index (Phi) is 5.33. The van der Waals surface area contributed by atoms with Gasteiger partial charge in [-0.15, -0.1) is 0 Å². The summed E-state index contributed by atoms with van der Waals surface area (Å²) in [7, 11) is 0. The van der Waals surface area contributed by atoms with Gasteiger partial charge in [0.25, 0.3) is 5.91 Å². The SMILES string of the molecule is CCC1=NNC2C(=O)N(CC(=O)Nc3ccccc3C(F)(F)F)C3CCCCC3N12. The highest BCUT2D eigenvalue weighted by Crippen LogP contribution is 2.36. The number of fused-ring (bicyclic) bond motifs is 3. The molecule has 1 saturated heterocycles. The number of hydrogen-bond acceptors (Lipinski definition) is 5. The van der Waals surface area contributed by atoms with E-state index in [1.165, 1.54) is 23.1 Å². The fraction of sp³-hybridized carbons (Fsp3) is 0.550. The summed E-state index contributed by atoms with van der Waals surface area (Å²) in [6.45, 7) is 1.68. The van der Waals surface area contributed by atoms with Crippen LogP contribution in [0.15, 0.2) is 29.4 Å². The van der Waals surface area contributed by atoms with Crippen LogP contribution in [0.1, 0.15) is 44.6 Å². The highest BCUT2D eigenvalue weighted by atomic mass is 19.4. The van der Waals surface area contributed by atoms with Crippen LogP contribution in [0, 0.1) is 0 Å². The van der Waals surface area contributed by atoms with E-state index in [1.807, 2.05) is 11.8 Å². The number of nitrogens with zero attached hydrogens (tertiary/aromatic N) is 3. The third-order valence-corrected chi connectivity index (χ3v) is 6.00. The van der Waals surface area contributed by atoms with Crippen molar-refractivity contribution >= 4 is 23.3 Å². The lowest BCUT2D eigenvalue weighted by molar-refractivity contribution is -0.151. The van der Waals surface area contributed by atoms with Crippen LogP contribution in [-0.2, 0) is 15.8 Å². The van der Waals surface area contributed by atoms with Crippen LogP contribution in [0.5, 0.6) is 0 Å². The zero-order chi connectivity index (χ0) is 21.5. The molecule has 3 unspecified atom stereocenters. The van der Waals surface area contributed by atoms with E-state index in [-0.39, 0.29) is 30.2 Å². The number of amides is 2. The Balaban J connectivity index is 1.53. The molecule has 1 aliphatic carbocycles. The highest BCUT2D eigenvalue weighted by molar-refractivity contribution is 5.98. The number of piperazine rings is 1. The third kappa shape index (κ3) is 3.59. The van der Waals surface area contributed by atoms with Gasteiger partial charge in [-0.05, 0) is 25.0 Å². The van der Waals surface area contributed by atoms with E-state index >= 15 is 0 Å². The lowest BCUT2D eigenvalue weighted by atomic mass is 9.85. The van der Waals surface area contributed by atoms with Crippen LogP contribution in [-0.4, -0.2) is 52.2 Å². The lowest BCUT2D eigenvalue weighted by Crippen LogP contribution is -2.69. The van der Waals surface area contributed by atoms with Crippen molar-refractivity contribution in [1.82, 2.24) is 15.2 Å². The molecular weight excluding hydrogens is 399 g/mol. The molecule has 4 rings (SSSR count). The number of carbonyl (C=O) groups excluding carboxylic acids is 2. The number of alkyl halides is 3. The maximum absolute atomic E-state index is 13.2. The molecule has 7 nitrogen and oxygen atoms in total. The summed E-state index contributed by atoms with van der Waals surface area (Å²) in [6.07, 6.45) is -0.957. The average molecular weight is 423 g/mol. The van der Waals surface area contributed by atoms with Gasteiger partial charge >= 0.3 is 6.18 Å². The Morgan fingerprint density at radius 2 is 1.93 bits per heavy atom. The molecule has 2 N–H and O–H groups in total. The first kappa shape index (κ1) is 20.5. The molecule has 2 aliphatic heterocycles. The molecule has 1 saturated carbocycles. The van der Waals surface area contributed by atoms with E-state index < -0.39 is 23.8 Å². The summed E-state index contributed by atoms with van der Waals surface area (Å²) in [5.74, 6) is -0.0921. The fourth-order valence-electron chi connectivity index (χ4n) is 4.70. The first-order valence-corrected chi connectivity index (χ1v) is 10.2. The Hall–Kier alpha value is -2.78. The van der Waals surface area contributed by atoms with Crippen molar-refractivity contribution in [3.63, 3.8) is 0 Å². The number of benzene rings is 1. The predicted octanol–water partition coefficient (Wildman–Crippen LogP) is 2.75. The number of para-hydroxylation sites is 1. The van der Waals surface area contributed by atoms with Crippen molar-refractivity contribution in [1.29, 1.82) is 0 Å². The summed E-state index contributed by atoms with van der Waals surface area (Å²) < 4.78 is 39.6. The number of anilines is 1. The summed E-state index contributed by atoms with van der Waals surface area (Å²) >= 11 is 0. The van der Waals surface area contributed by atoms with Gasteiger partial charge in [-0.2, -0.15) is 18.3 Å². The number of hydrazone groups is 1. The largest absolute Gasteiger partial charge is 0.418 e. The van der Waals surface area contributed by atoms with Crippen LogP contribution >= 0.6 is 0 Å². The van der Waals surface area contributed by atoms with Crippen molar-refractivity contribution in [2.45, 2.75) is 63.5 Å². The maximum atomic E-state index is 13.2. The molecule has 3 atom stereocenters. The number of carbonyl (C=O) groups is 2. The molecule has 1 aromatic rings. The van der Waals surface area contributed by atoms with E-state index in [0.717, 1.165) is 37.6 Å². The van der Waals surface area contributed by atoms with Crippen molar-refractivity contribution in [2.24, 2.45) is 5.10 Å². The third-order valence-electron chi connectivity index (χ3n) is 6.00. The maximum Gasteiger partial charge on any atom is 0.418 e. The van der Waals surface area contributed by atoms with E-state index in [9.17, 15) is 22.8 Å². The summed E-state index contributed by atoms with van der Waals surface area (Å²) in [5.41, 5.74) is 1.64. The molecule has 2 amide bonds. The van der Waals surface area contributed by atoms with Gasteiger partial charge in [0.1, 0.15) is 12.4 Å². The molecule has 0 aromatic heterocycles. The molecule has 10 heteroatoms. The van der Waals surface area contributed by atoms with Gasteiger partial charge in [-0.25, -0.2) is 0 Å². The first-order chi connectivity index (χ1) is 14.3. The molecular formula is C20H24F3N5O2. The van der Waals surface area contributed by atoms with Gasteiger partial charge in [0, 0.05) is 6.42 Å². The zero-order valence-electron chi connectivity index (χ0n) is 16.6. The van der Waals surface area contributed by atoms with E-state index in [4.69, 9.17) is 0 Å². The number of halogens is 3. The molecule has 2 fully saturated rings. The number of amidine groups is 1. The quantitative estimate of drug-likeness (QED) is 0.781. The minimum absolute atomic E-state index is 0.0467. The van der Waals surface area contributed by atoms with E-state index in [0.29, 0.717) is 6.42 Å². The molecule has 162 valence electrons. The van der Waals surface area contributed by atoms with Crippen LogP contribution in [0.4, 0.5) is 18.9 Å². The summed E-state index contributed by atoms with van der Waals surface area (Å²) in [4.78, 5) is 29.3. The van der Waals surface area contributed by atoms with E-state index in [2.05, 4.69) is 15.8 Å². The van der Waals surface area contributed by atoms with Gasteiger partial charge in [0.15, 0.2) is 6.17 Å². The second-order valence-electron chi connectivity index (χ2n) is 7.80. The Morgan fingerprint density at radius 1 is 1.23 bits per heavy atom. The highest BCUT2D eigenvalue weighted by Gasteiger charge is 2.50. The average Bonchev–Trinajstić information content (AvgIpc) is 3.15. The molecule has 1 aromatic carbocycles. The standard InChI is InChI=1S/C20H24F3N5O2/c1-2-16-25-26-18-19(30)27(14-9-5-6-10-15(14)28(16)18)11-17(29)24-13-8-4-3-7-12(13)20(21,22)23/h3-4,7-8,14-15,18,26H,2,5-6,9-11H2,1H3,(H,24,29). The smallest absolute Gasteiger partial charge is 0.325 e. The fourth-order valence-corrected chi connectivity index (χ4v) is 4.70. The van der Waals surface area contributed by atoms with Gasteiger partial charge in [0.05, 0.1) is 23.3 Å². The Labute approximate surface area is 172 Å². The van der Waals surface area contributed by atoms with Crippen LogP contribution in [0.2, 0.25) is 0 Å². The van der Waals surface area contributed by atoms with Crippen molar-refractivity contribution in [3.05, 3.63) is 29.8 Å². The number of rotatable bonds is 4. The van der Waals surface area contributed by atoms with Crippen LogP contribution in [0.3, 0.4) is 0 Å². The predicted molar refractivity (Wildman–Crippen MR) is 104 cm³/mol. The topological polar surface area (TPSA) is 77.0 Å². The molecule has 2 heterocycles. The minimum Gasteiger partial charge on any atom is -0.325 e. The second-order valence-corrected chi connectivity index (χ2v) is 7.80. The van der Waals surface area contributed by atoms with Crippen LogP contribution < -0.4 is 10.7 Å². The number of nitrogens with one attached hydrogen (secondary N) is 2. The monoisotopic (exact) mass is 423 g/mol. The second kappa shape index (κ2) is 7.81. The Morgan fingerprint density at radius 3 is 2.63 bits per heavy atom. The van der Waals surface area contributed by atoms with Crippen molar-refractivity contribution < 1.29 is 22.8 Å². The van der Waals surface area contributed by atoms with Gasteiger partial charge in [-0.1, -0.05) is 31.9 Å². The first-order valence-electron chi connectivity index (χ1n) is 10.2. The van der Waals surface area contributed by atoms with Crippen LogP contribution in [0.25, 0.3) is 0 Å². The summed E-state index contributed by atoms with van der Waals surface area (Å²) in [5, 5.41) is 6.62. The zero-order valence-corrected chi connectivity index (χ0v) is 16.6.